The highest BCUT2D eigenvalue weighted by atomic mass is 16.5. The molecule has 0 fully saturated rings. The number of ether oxygens (including phenoxy) is 2. The molecule has 3 heteroatoms. The number of aliphatic hydroxyl groups excluding tert-OH is 1. The Labute approximate surface area is 110 Å². The lowest BCUT2D eigenvalue weighted by molar-refractivity contribution is 0.0283. The summed E-state index contributed by atoms with van der Waals surface area (Å²) in [5.74, 6) is 1.55. The highest BCUT2D eigenvalue weighted by molar-refractivity contribution is 5.33. The van der Waals surface area contributed by atoms with Crippen LogP contribution < -0.4 is 9.47 Å². The fourth-order valence-corrected chi connectivity index (χ4v) is 1.89. The molecule has 0 heterocycles. The van der Waals surface area contributed by atoms with Gasteiger partial charge in [-0.25, -0.2) is 0 Å². The first-order valence-corrected chi connectivity index (χ1v) is 6.78. The Kier molecular flexibility index (Phi) is 6.58. The Balaban J connectivity index is 2.66. The van der Waals surface area contributed by atoms with Gasteiger partial charge in [-0.2, -0.15) is 0 Å². The molecule has 0 bridgehead atoms. The second-order valence-electron chi connectivity index (χ2n) is 4.33. The van der Waals surface area contributed by atoms with Crippen molar-refractivity contribution in [3.8, 4) is 11.5 Å². The average Bonchev–Trinajstić information content (AvgIpc) is 2.37. The summed E-state index contributed by atoms with van der Waals surface area (Å²) in [5.41, 5.74) is 0. The summed E-state index contributed by atoms with van der Waals surface area (Å²) in [6.45, 7) is 6.67. The SMILES string of the molecule is CCCC(O)C(CC)Oc1cccc(OCC)c1. The maximum Gasteiger partial charge on any atom is 0.124 e. The molecule has 0 amide bonds. The third-order valence-corrected chi connectivity index (χ3v) is 2.82. The van der Waals surface area contributed by atoms with Gasteiger partial charge in [0.1, 0.15) is 17.6 Å². The summed E-state index contributed by atoms with van der Waals surface area (Å²) in [5, 5.41) is 9.99. The van der Waals surface area contributed by atoms with Gasteiger partial charge in [-0.05, 0) is 31.9 Å². The second-order valence-corrected chi connectivity index (χ2v) is 4.33. The quantitative estimate of drug-likeness (QED) is 0.770. The maximum atomic E-state index is 9.99. The van der Waals surface area contributed by atoms with E-state index in [1.807, 2.05) is 38.1 Å². The monoisotopic (exact) mass is 252 g/mol. The van der Waals surface area contributed by atoms with E-state index in [1.165, 1.54) is 0 Å². The molecule has 0 aliphatic rings. The summed E-state index contributed by atoms with van der Waals surface area (Å²) in [6, 6.07) is 7.56. The Hall–Kier alpha value is -1.22. The van der Waals surface area contributed by atoms with Crippen molar-refractivity contribution in [2.24, 2.45) is 0 Å². The van der Waals surface area contributed by atoms with Crippen molar-refractivity contribution in [1.82, 2.24) is 0 Å². The molecule has 0 saturated heterocycles. The molecule has 1 N–H and O–H groups in total. The van der Waals surface area contributed by atoms with Crippen LogP contribution in [0.5, 0.6) is 11.5 Å². The van der Waals surface area contributed by atoms with Crippen LogP contribution in [0.25, 0.3) is 0 Å². The Morgan fingerprint density at radius 1 is 1.17 bits per heavy atom. The van der Waals surface area contributed by atoms with E-state index in [4.69, 9.17) is 9.47 Å². The molecule has 0 aliphatic carbocycles. The average molecular weight is 252 g/mol. The maximum absolute atomic E-state index is 9.99. The van der Waals surface area contributed by atoms with Gasteiger partial charge in [-0.15, -0.1) is 0 Å². The lowest BCUT2D eigenvalue weighted by Gasteiger charge is -2.23. The van der Waals surface area contributed by atoms with E-state index in [0.29, 0.717) is 6.61 Å². The normalized spacial score (nSPS) is 14.0. The predicted octanol–water partition coefficient (Wildman–Crippen LogP) is 3.40. The van der Waals surface area contributed by atoms with Gasteiger partial charge in [0.15, 0.2) is 0 Å². The minimum Gasteiger partial charge on any atom is -0.494 e. The highest BCUT2D eigenvalue weighted by Crippen LogP contribution is 2.22. The fraction of sp³-hybridized carbons (Fsp3) is 0.600. The third kappa shape index (κ3) is 4.57. The van der Waals surface area contributed by atoms with Gasteiger partial charge in [0.2, 0.25) is 0 Å². The highest BCUT2D eigenvalue weighted by Gasteiger charge is 2.18. The van der Waals surface area contributed by atoms with Crippen LogP contribution in [-0.4, -0.2) is 23.9 Å². The standard InChI is InChI=1S/C15H24O3/c1-4-8-14(16)15(5-2)18-13-10-7-9-12(11-13)17-6-3/h7,9-11,14-16H,4-6,8H2,1-3H3. The lowest BCUT2D eigenvalue weighted by atomic mass is 10.1. The van der Waals surface area contributed by atoms with E-state index in [2.05, 4.69) is 6.92 Å². The zero-order valence-electron chi connectivity index (χ0n) is 11.6. The van der Waals surface area contributed by atoms with Crippen LogP contribution in [0.4, 0.5) is 0 Å². The van der Waals surface area contributed by atoms with Crippen molar-refractivity contribution < 1.29 is 14.6 Å². The molecular weight excluding hydrogens is 228 g/mol. The fourth-order valence-electron chi connectivity index (χ4n) is 1.89. The first kappa shape index (κ1) is 14.8. The van der Waals surface area contributed by atoms with E-state index in [0.717, 1.165) is 30.8 Å². The zero-order chi connectivity index (χ0) is 13.4. The smallest absolute Gasteiger partial charge is 0.124 e. The van der Waals surface area contributed by atoms with Crippen LogP contribution >= 0.6 is 0 Å². The first-order valence-electron chi connectivity index (χ1n) is 6.78. The summed E-state index contributed by atoms with van der Waals surface area (Å²) in [7, 11) is 0. The van der Waals surface area contributed by atoms with E-state index in [9.17, 15) is 5.11 Å². The summed E-state index contributed by atoms with van der Waals surface area (Å²) in [6.07, 6.45) is 1.96. The number of aliphatic hydroxyl groups is 1. The molecule has 0 saturated carbocycles. The van der Waals surface area contributed by atoms with Crippen LogP contribution in [0.3, 0.4) is 0 Å². The van der Waals surface area contributed by atoms with Crippen LogP contribution in [-0.2, 0) is 0 Å². The molecule has 0 radical (unpaired) electrons. The van der Waals surface area contributed by atoms with E-state index < -0.39 is 6.10 Å². The number of benzene rings is 1. The zero-order valence-corrected chi connectivity index (χ0v) is 11.6. The van der Waals surface area contributed by atoms with E-state index in [-0.39, 0.29) is 6.10 Å². The summed E-state index contributed by atoms with van der Waals surface area (Å²) >= 11 is 0. The molecule has 1 aromatic rings. The molecule has 3 nitrogen and oxygen atoms in total. The van der Waals surface area contributed by atoms with Crippen molar-refractivity contribution in [2.45, 2.75) is 52.2 Å². The number of rotatable bonds is 8. The van der Waals surface area contributed by atoms with Gasteiger partial charge in [0.05, 0.1) is 12.7 Å². The number of hydrogen-bond acceptors (Lipinski definition) is 3. The van der Waals surface area contributed by atoms with Crippen LogP contribution in [0.15, 0.2) is 24.3 Å². The van der Waals surface area contributed by atoms with Crippen molar-refractivity contribution in [3.05, 3.63) is 24.3 Å². The molecule has 0 aliphatic heterocycles. The van der Waals surface area contributed by atoms with E-state index in [1.54, 1.807) is 0 Å². The first-order chi connectivity index (χ1) is 8.71. The summed E-state index contributed by atoms with van der Waals surface area (Å²) < 4.78 is 11.3. The largest absolute Gasteiger partial charge is 0.494 e. The van der Waals surface area contributed by atoms with Gasteiger partial charge in [0, 0.05) is 6.07 Å². The van der Waals surface area contributed by atoms with Gasteiger partial charge < -0.3 is 14.6 Å². The molecule has 2 unspecified atom stereocenters. The minimum absolute atomic E-state index is 0.151. The Morgan fingerprint density at radius 2 is 1.89 bits per heavy atom. The molecule has 1 rings (SSSR count). The number of hydrogen-bond donors (Lipinski definition) is 1. The Bertz CT molecular complexity index is 338. The molecule has 102 valence electrons. The van der Waals surface area contributed by atoms with Gasteiger partial charge >= 0.3 is 0 Å². The topological polar surface area (TPSA) is 38.7 Å². The molecule has 1 aromatic carbocycles. The van der Waals surface area contributed by atoms with Gasteiger partial charge in [-0.3, -0.25) is 0 Å². The molecular formula is C15H24O3. The van der Waals surface area contributed by atoms with Gasteiger partial charge in [0.25, 0.3) is 0 Å². The van der Waals surface area contributed by atoms with Crippen molar-refractivity contribution >= 4 is 0 Å². The van der Waals surface area contributed by atoms with Crippen LogP contribution in [0.1, 0.15) is 40.0 Å². The molecule has 18 heavy (non-hydrogen) atoms. The molecule has 2 atom stereocenters. The third-order valence-electron chi connectivity index (χ3n) is 2.82. The predicted molar refractivity (Wildman–Crippen MR) is 73.2 cm³/mol. The van der Waals surface area contributed by atoms with Crippen molar-refractivity contribution in [2.75, 3.05) is 6.61 Å². The van der Waals surface area contributed by atoms with Crippen molar-refractivity contribution in [1.29, 1.82) is 0 Å². The second kappa shape index (κ2) is 7.98. The molecule has 0 spiro atoms. The Morgan fingerprint density at radius 3 is 2.50 bits per heavy atom. The van der Waals surface area contributed by atoms with Crippen LogP contribution in [0, 0.1) is 0 Å². The van der Waals surface area contributed by atoms with Crippen LogP contribution in [0.2, 0.25) is 0 Å². The lowest BCUT2D eigenvalue weighted by Crippen LogP contribution is -2.30. The molecule has 0 aromatic heterocycles. The summed E-state index contributed by atoms with van der Waals surface area (Å²) in [4.78, 5) is 0. The minimum atomic E-state index is -0.407. The van der Waals surface area contributed by atoms with E-state index >= 15 is 0 Å². The van der Waals surface area contributed by atoms with Crippen molar-refractivity contribution in [3.63, 3.8) is 0 Å². The van der Waals surface area contributed by atoms with Gasteiger partial charge in [-0.1, -0.05) is 26.3 Å².